The number of amides is 2. The highest BCUT2D eigenvalue weighted by atomic mass is 16.6. The summed E-state index contributed by atoms with van der Waals surface area (Å²) in [6.07, 6.45) is 1.22. The van der Waals surface area contributed by atoms with E-state index in [1.807, 2.05) is 19.9 Å². The lowest BCUT2D eigenvalue weighted by Gasteiger charge is -2.06. The zero-order chi connectivity index (χ0) is 18.4. The molecule has 0 heterocycles. The van der Waals surface area contributed by atoms with E-state index in [0.29, 0.717) is 11.3 Å². The van der Waals surface area contributed by atoms with E-state index in [1.165, 1.54) is 24.4 Å². The third-order valence-electron chi connectivity index (χ3n) is 3.43. The third kappa shape index (κ3) is 4.96. The zero-order valence-electron chi connectivity index (χ0n) is 13.6. The molecular weight excluding hydrogens is 324 g/mol. The molecule has 0 unspecified atom stereocenters. The molecule has 0 atom stereocenters. The van der Waals surface area contributed by atoms with Crippen LogP contribution in [-0.4, -0.2) is 23.0 Å². The number of anilines is 1. The molecule has 0 aromatic heterocycles. The van der Waals surface area contributed by atoms with Crippen LogP contribution < -0.4 is 10.7 Å². The van der Waals surface area contributed by atoms with E-state index < -0.39 is 16.7 Å². The molecule has 0 bridgehead atoms. The quantitative estimate of drug-likeness (QED) is 0.385. The highest BCUT2D eigenvalue weighted by Crippen LogP contribution is 2.14. The Morgan fingerprint density at radius 2 is 1.84 bits per heavy atom. The van der Waals surface area contributed by atoms with E-state index in [1.54, 1.807) is 18.2 Å². The van der Waals surface area contributed by atoms with Crippen molar-refractivity contribution >= 4 is 29.4 Å². The van der Waals surface area contributed by atoms with Crippen LogP contribution in [0.15, 0.2) is 47.6 Å². The minimum Gasteiger partial charge on any atom is -0.318 e. The van der Waals surface area contributed by atoms with Crippen LogP contribution >= 0.6 is 0 Å². The van der Waals surface area contributed by atoms with Gasteiger partial charge in [0.25, 0.3) is 5.69 Å². The van der Waals surface area contributed by atoms with Crippen LogP contribution in [0.25, 0.3) is 0 Å². The number of nitro groups is 1. The normalized spacial score (nSPS) is 10.5. The predicted molar refractivity (Wildman–Crippen MR) is 93.4 cm³/mol. The Labute approximate surface area is 143 Å². The average molecular weight is 340 g/mol. The summed E-state index contributed by atoms with van der Waals surface area (Å²) >= 11 is 0. The maximum Gasteiger partial charge on any atom is 0.329 e. The fourth-order valence-corrected chi connectivity index (χ4v) is 1.94. The van der Waals surface area contributed by atoms with Crippen molar-refractivity contribution in [3.8, 4) is 0 Å². The van der Waals surface area contributed by atoms with Gasteiger partial charge in [-0.3, -0.25) is 19.7 Å². The first-order valence-corrected chi connectivity index (χ1v) is 7.33. The van der Waals surface area contributed by atoms with Crippen LogP contribution in [0.2, 0.25) is 0 Å². The first-order valence-electron chi connectivity index (χ1n) is 7.33. The largest absolute Gasteiger partial charge is 0.329 e. The van der Waals surface area contributed by atoms with Gasteiger partial charge in [-0.15, -0.1) is 0 Å². The maximum atomic E-state index is 11.8. The van der Waals surface area contributed by atoms with E-state index in [9.17, 15) is 19.7 Å². The summed E-state index contributed by atoms with van der Waals surface area (Å²) < 4.78 is 0. The number of hydrogen-bond acceptors (Lipinski definition) is 5. The Morgan fingerprint density at radius 1 is 1.08 bits per heavy atom. The van der Waals surface area contributed by atoms with Crippen LogP contribution in [0, 0.1) is 24.0 Å². The van der Waals surface area contributed by atoms with E-state index in [4.69, 9.17) is 0 Å². The van der Waals surface area contributed by atoms with Gasteiger partial charge in [0, 0.05) is 23.4 Å². The number of hydrogen-bond donors (Lipinski definition) is 2. The minimum absolute atomic E-state index is 0.0947. The van der Waals surface area contributed by atoms with Crippen LogP contribution in [0.1, 0.15) is 16.7 Å². The van der Waals surface area contributed by atoms with Crippen LogP contribution in [-0.2, 0) is 9.59 Å². The third-order valence-corrected chi connectivity index (χ3v) is 3.43. The van der Waals surface area contributed by atoms with E-state index in [2.05, 4.69) is 15.8 Å². The number of hydrazone groups is 1. The fraction of sp³-hybridized carbons (Fsp3) is 0.118. The van der Waals surface area contributed by atoms with Crippen LogP contribution in [0.3, 0.4) is 0 Å². The maximum absolute atomic E-state index is 11.8. The smallest absolute Gasteiger partial charge is 0.318 e. The second-order valence-electron chi connectivity index (χ2n) is 5.30. The van der Waals surface area contributed by atoms with E-state index >= 15 is 0 Å². The van der Waals surface area contributed by atoms with Gasteiger partial charge < -0.3 is 5.32 Å². The molecule has 0 spiro atoms. The number of benzene rings is 2. The van der Waals surface area contributed by atoms with Crippen LogP contribution in [0.5, 0.6) is 0 Å². The molecule has 0 saturated carbocycles. The topological polar surface area (TPSA) is 114 Å². The van der Waals surface area contributed by atoms with E-state index in [0.717, 1.165) is 11.1 Å². The van der Waals surface area contributed by atoms with Gasteiger partial charge in [-0.1, -0.05) is 18.2 Å². The highest BCUT2D eigenvalue weighted by Gasteiger charge is 2.13. The second kappa shape index (κ2) is 7.82. The highest BCUT2D eigenvalue weighted by molar-refractivity contribution is 6.39. The molecule has 0 aliphatic carbocycles. The molecule has 2 aromatic carbocycles. The van der Waals surface area contributed by atoms with Gasteiger partial charge in [-0.25, -0.2) is 5.43 Å². The lowest BCUT2D eigenvalue weighted by Crippen LogP contribution is -2.32. The Balaban J connectivity index is 1.94. The minimum atomic E-state index is -0.945. The average Bonchev–Trinajstić information content (AvgIpc) is 2.58. The fourth-order valence-electron chi connectivity index (χ4n) is 1.94. The summed E-state index contributed by atoms with van der Waals surface area (Å²) in [5.74, 6) is -1.81. The monoisotopic (exact) mass is 340 g/mol. The van der Waals surface area contributed by atoms with Crippen molar-refractivity contribution in [1.82, 2.24) is 5.43 Å². The van der Waals surface area contributed by atoms with Crippen molar-refractivity contribution in [1.29, 1.82) is 0 Å². The number of rotatable bonds is 4. The number of non-ortho nitro benzene ring substituents is 1. The first-order chi connectivity index (χ1) is 11.9. The lowest BCUT2D eigenvalue weighted by atomic mass is 10.1. The summed E-state index contributed by atoms with van der Waals surface area (Å²) in [5.41, 5.74) is 4.97. The number of carbonyl (C=O) groups excluding carboxylic acids is 2. The second-order valence-corrected chi connectivity index (χ2v) is 5.30. The molecule has 2 amide bonds. The summed E-state index contributed by atoms with van der Waals surface area (Å²) in [4.78, 5) is 33.7. The van der Waals surface area contributed by atoms with Crippen molar-refractivity contribution in [3.63, 3.8) is 0 Å². The predicted octanol–water partition coefficient (Wildman–Crippen LogP) is 2.30. The molecule has 0 aliphatic heterocycles. The lowest BCUT2D eigenvalue weighted by molar-refractivity contribution is -0.384. The molecule has 0 fully saturated rings. The SMILES string of the molecule is Cc1ccc(NC(=O)C(=O)N/N=C\c2cccc([N+](=O)[O-])c2)cc1C. The molecule has 2 N–H and O–H groups in total. The Hall–Kier alpha value is -3.55. The number of nitro benzene ring substituents is 1. The molecule has 8 nitrogen and oxygen atoms in total. The van der Waals surface area contributed by atoms with Gasteiger partial charge in [-0.05, 0) is 37.1 Å². The van der Waals surface area contributed by atoms with Gasteiger partial charge in [-0.2, -0.15) is 5.10 Å². The van der Waals surface area contributed by atoms with Crippen molar-refractivity contribution < 1.29 is 14.5 Å². The molecule has 0 saturated heterocycles. The van der Waals surface area contributed by atoms with Gasteiger partial charge >= 0.3 is 11.8 Å². The first kappa shape index (κ1) is 17.8. The molecule has 2 rings (SSSR count). The van der Waals surface area contributed by atoms with Crippen LogP contribution in [0.4, 0.5) is 11.4 Å². The molecular formula is C17H16N4O4. The molecule has 25 heavy (non-hydrogen) atoms. The van der Waals surface area contributed by atoms with Crippen molar-refractivity contribution in [3.05, 3.63) is 69.3 Å². The summed E-state index contributed by atoms with van der Waals surface area (Å²) in [6, 6.07) is 11.0. The zero-order valence-corrected chi connectivity index (χ0v) is 13.6. The van der Waals surface area contributed by atoms with Gasteiger partial charge in [0.1, 0.15) is 0 Å². The molecule has 0 aliphatic rings. The Bertz CT molecular complexity index is 861. The number of carbonyl (C=O) groups is 2. The molecule has 0 radical (unpaired) electrons. The van der Waals surface area contributed by atoms with E-state index in [-0.39, 0.29) is 5.69 Å². The van der Waals surface area contributed by atoms with Crippen molar-refractivity contribution in [2.75, 3.05) is 5.32 Å². The number of aryl methyl sites for hydroxylation is 2. The summed E-state index contributed by atoms with van der Waals surface area (Å²) in [6.45, 7) is 3.84. The molecule has 128 valence electrons. The van der Waals surface area contributed by atoms with Gasteiger partial charge in [0.05, 0.1) is 11.1 Å². The number of nitrogens with one attached hydrogen (secondary N) is 2. The number of nitrogens with zero attached hydrogens (tertiary/aromatic N) is 2. The summed E-state index contributed by atoms with van der Waals surface area (Å²) in [7, 11) is 0. The summed E-state index contributed by atoms with van der Waals surface area (Å²) in [5, 5.41) is 16.8. The van der Waals surface area contributed by atoms with Gasteiger partial charge in [0.2, 0.25) is 0 Å². The van der Waals surface area contributed by atoms with Crippen molar-refractivity contribution in [2.45, 2.75) is 13.8 Å². The van der Waals surface area contributed by atoms with Crippen molar-refractivity contribution in [2.24, 2.45) is 5.10 Å². The molecule has 2 aromatic rings. The Morgan fingerprint density at radius 3 is 2.52 bits per heavy atom. The molecule has 8 heteroatoms. The van der Waals surface area contributed by atoms with Gasteiger partial charge in [0.15, 0.2) is 0 Å². The Kier molecular flexibility index (Phi) is 5.57. The standard InChI is InChI=1S/C17H16N4O4/c1-11-6-7-14(8-12(11)2)19-16(22)17(23)20-18-10-13-4-3-5-15(9-13)21(24)25/h3-10H,1-2H3,(H,19,22)(H,20,23)/b18-10-.